The third-order valence-corrected chi connectivity index (χ3v) is 7.08. The van der Waals surface area contributed by atoms with Crippen molar-refractivity contribution in [2.24, 2.45) is 11.7 Å². The summed E-state index contributed by atoms with van der Waals surface area (Å²) in [5.41, 5.74) is 10.2. The fourth-order valence-corrected chi connectivity index (χ4v) is 5.27. The van der Waals surface area contributed by atoms with Gasteiger partial charge in [-0.2, -0.15) is 5.10 Å². The Morgan fingerprint density at radius 1 is 1.25 bits per heavy atom. The first-order valence-corrected chi connectivity index (χ1v) is 13.7. The fourth-order valence-electron chi connectivity index (χ4n) is 5.03. The molecule has 4 heterocycles. The molecule has 1 aliphatic rings. The number of nitrogens with zero attached hydrogens (tertiary/aromatic N) is 6. The van der Waals surface area contributed by atoms with Crippen LogP contribution in [0.1, 0.15) is 25.5 Å². The minimum Gasteiger partial charge on any atom is -0.401 e. The molecular weight excluding hydrogens is 532 g/mol. The molecule has 1 atom stereocenters. The Balaban J connectivity index is 1.26. The number of anilines is 2. The van der Waals surface area contributed by atoms with Crippen LogP contribution in [0, 0.1) is 24.5 Å². The number of nitrogens with two attached hydrogens (primary N) is 1. The molecule has 3 aromatic heterocycles. The largest absolute Gasteiger partial charge is 0.401 e. The number of imidazole rings is 1. The summed E-state index contributed by atoms with van der Waals surface area (Å²) in [6, 6.07) is 4.05. The highest BCUT2D eigenvalue weighted by molar-refractivity contribution is 7.81. The zero-order chi connectivity index (χ0) is 28.2. The Morgan fingerprint density at radius 2 is 2.10 bits per heavy atom. The number of aryl methyl sites for hydroxylation is 1. The van der Waals surface area contributed by atoms with E-state index in [1.54, 1.807) is 23.2 Å². The highest BCUT2D eigenvalue weighted by Gasteiger charge is 2.17. The van der Waals surface area contributed by atoms with Crippen LogP contribution in [0.15, 0.2) is 54.8 Å². The summed E-state index contributed by atoms with van der Waals surface area (Å²) in [4.78, 5) is 12.0. The van der Waals surface area contributed by atoms with Crippen molar-refractivity contribution >= 4 is 34.4 Å². The van der Waals surface area contributed by atoms with E-state index >= 15 is 0 Å². The van der Waals surface area contributed by atoms with Gasteiger partial charge in [0.1, 0.15) is 4.99 Å². The number of aromatic nitrogens is 5. The van der Waals surface area contributed by atoms with Gasteiger partial charge in [-0.1, -0.05) is 25.2 Å². The lowest BCUT2D eigenvalue weighted by molar-refractivity contribution is 0.197. The number of thiocarbonyl (C=S) groups is 1. The van der Waals surface area contributed by atoms with Crippen molar-refractivity contribution < 1.29 is 8.78 Å². The smallest absolute Gasteiger partial charge is 0.181 e. The normalized spacial score (nSPS) is 16.4. The topological polar surface area (TPSA) is 101 Å². The van der Waals surface area contributed by atoms with Crippen LogP contribution in [0.2, 0.25) is 0 Å². The summed E-state index contributed by atoms with van der Waals surface area (Å²) in [5.74, 6) is -0.553. The van der Waals surface area contributed by atoms with Gasteiger partial charge in [-0.15, -0.1) is 0 Å². The van der Waals surface area contributed by atoms with Crippen LogP contribution < -0.4 is 16.4 Å². The molecule has 0 amide bonds. The molecule has 1 fully saturated rings. The van der Waals surface area contributed by atoms with Crippen molar-refractivity contribution in [1.29, 1.82) is 0 Å². The van der Waals surface area contributed by atoms with Gasteiger partial charge in [-0.05, 0) is 50.4 Å². The van der Waals surface area contributed by atoms with E-state index in [4.69, 9.17) is 18.0 Å². The number of rotatable bonds is 9. The van der Waals surface area contributed by atoms with Crippen LogP contribution in [-0.2, 0) is 6.54 Å². The van der Waals surface area contributed by atoms with Gasteiger partial charge in [-0.3, -0.25) is 14.0 Å². The van der Waals surface area contributed by atoms with Gasteiger partial charge in [0.25, 0.3) is 0 Å². The second kappa shape index (κ2) is 12.1. The number of halogens is 2. The van der Waals surface area contributed by atoms with Crippen molar-refractivity contribution in [3.63, 3.8) is 0 Å². The Hall–Kier alpha value is -3.90. The maximum atomic E-state index is 13.9. The molecule has 1 unspecified atom stereocenters. The fraction of sp³-hybridized carbons (Fsp3) is 0.357. The lowest BCUT2D eigenvalue weighted by Gasteiger charge is -2.30. The zero-order valence-corrected chi connectivity index (χ0v) is 23.4. The molecule has 0 aliphatic carbocycles. The lowest BCUT2D eigenvalue weighted by atomic mass is 10.0. The predicted molar refractivity (Wildman–Crippen MR) is 157 cm³/mol. The predicted octanol–water partition coefficient (Wildman–Crippen LogP) is 4.61. The number of benzene rings is 1. The molecule has 4 N–H and O–H groups in total. The third-order valence-electron chi connectivity index (χ3n) is 6.86. The summed E-state index contributed by atoms with van der Waals surface area (Å²) < 4.78 is 31.0. The quantitative estimate of drug-likeness (QED) is 0.200. The van der Waals surface area contributed by atoms with Crippen molar-refractivity contribution in [2.75, 3.05) is 36.8 Å². The van der Waals surface area contributed by atoms with Gasteiger partial charge in [0, 0.05) is 43.3 Å². The molecular formula is C28H33F2N9S. The van der Waals surface area contributed by atoms with Crippen LogP contribution >= 0.6 is 12.2 Å². The van der Waals surface area contributed by atoms with E-state index in [0.29, 0.717) is 47.7 Å². The lowest BCUT2D eigenvalue weighted by Crippen LogP contribution is -2.37. The minimum absolute atomic E-state index is 0.118. The Morgan fingerprint density at radius 3 is 2.92 bits per heavy atom. The first-order chi connectivity index (χ1) is 19.3. The number of hydrogen-bond donors (Lipinski definition) is 3. The molecule has 0 bridgehead atoms. The molecule has 12 heteroatoms. The Labute approximate surface area is 237 Å². The highest BCUT2D eigenvalue weighted by atomic mass is 32.1. The van der Waals surface area contributed by atoms with Gasteiger partial charge in [-0.25, -0.2) is 18.7 Å². The summed E-state index contributed by atoms with van der Waals surface area (Å²) in [6.45, 7) is 7.78. The Kier molecular flexibility index (Phi) is 8.36. The van der Waals surface area contributed by atoms with Gasteiger partial charge in [0.2, 0.25) is 0 Å². The molecule has 1 aliphatic heterocycles. The number of hydrogen-bond acceptors (Lipinski definition) is 7. The average molecular weight is 566 g/mol. The number of nitrogens with one attached hydrogen (secondary N) is 2. The average Bonchev–Trinajstić information content (AvgIpc) is 3.53. The minimum atomic E-state index is -0.892. The molecule has 9 nitrogen and oxygen atoms in total. The maximum Gasteiger partial charge on any atom is 0.181 e. The second-order valence-electron chi connectivity index (χ2n) is 10.3. The maximum absolute atomic E-state index is 13.9. The van der Waals surface area contributed by atoms with Crippen molar-refractivity contribution in [2.45, 2.75) is 33.2 Å². The van der Waals surface area contributed by atoms with E-state index < -0.39 is 11.6 Å². The molecule has 1 aromatic carbocycles. The third kappa shape index (κ3) is 6.45. The van der Waals surface area contributed by atoms with E-state index in [9.17, 15) is 8.78 Å². The van der Waals surface area contributed by atoms with Crippen LogP contribution in [0.25, 0.3) is 16.9 Å². The van der Waals surface area contributed by atoms with E-state index in [1.165, 1.54) is 25.0 Å². The van der Waals surface area contributed by atoms with Crippen LogP contribution in [0.5, 0.6) is 0 Å². The number of likely N-dealkylation sites (tertiary alicyclic amines) is 1. The standard InChI is InChI=1S/C28H33F2N9S/c1-18-5-4-9-37(14-18)17-21(31)11-25(40)36-27-28-33-13-24(39(28)15-19(2)35-27)20-12-34-38(16-20)10-8-32-23-7-3-6-22(29)26(23)30/h3,6-7,11-13,15-16,18,32H,4-5,8-10,14,17,31H2,1-2H3,(H,35,36,40). The van der Waals surface area contributed by atoms with Gasteiger partial charge >= 0.3 is 0 Å². The highest BCUT2D eigenvalue weighted by Crippen LogP contribution is 2.24. The molecule has 0 radical (unpaired) electrons. The van der Waals surface area contributed by atoms with Gasteiger partial charge in [0.05, 0.1) is 36.0 Å². The SMILES string of the molecule is Cc1cn2c(-c3cnn(CCNc4cccc(F)c4F)c3)cnc2c(NC(=S)C=C(N)CN2CCCC(C)C2)n1. The Bertz CT molecular complexity index is 1540. The van der Waals surface area contributed by atoms with Crippen molar-refractivity contribution in [1.82, 2.24) is 29.0 Å². The molecule has 5 rings (SSSR count). The van der Waals surface area contributed by atoms with Gasteiger partial charge < -0.3 is 16.4 Å². The van der Waals surface area contributed by atoms with E-state index in [1.807, 2.05) is 23.7 Å². The number of piperidine rings is 1. The van der Waals surface area contributed by atoms with E-state index in [2.05, 4.69) is 37.5 Å². The first-order valence-electron chi connectivity index (χ1n) is 13.3. The summed E-state index contributed by atoms with van der Waals surface area (Å²) >= 11 is 5.58. The van der Waals surface area contributed by atoms with Crippen LogP contribution in [-0.4, -0.2) is 60.2 Å². The molecule has 0 spiro atoms. The van der Waals surface area contributed by atoms with Crippen LogP contribution in [0.4, 0.5) is 20.3 Å². The summed E-state index contributed by atoms with van der Waals surface area (Å²) in [7, 11) is 0. The summed E-state index contributed by atoms with van der Waals surface area (Å²) in [5, 5.41) is 10.5. The second-order valence-corrected chi connectivity index (χ2v) is 10.7. The van der Waals surface area contributed by atoms with Gasteiger partial charge in [0.15, 0.2) is 23.1 Å². The van der Waals surface area contributed by atoms with Crippen LogP contribution in [0.3, 0.4) is 0 Å². The monoisotopic (exact) mass is 565 g/mol. The zero-order valence-electron chi connectivity index (χ0n) is 22.6. The molecule has 40 heavy (non-hydrogen) atoms. The van der Waals surface area contributed by atoms with E-state index in [-0.39, 0.29) is 5.69 Å². The molecule has 0 saturated carbocycles. The molecule has 210 valence electrons. The van der Waals surface area contributed by atoms with E-state index in [0.717, 1.165) is 36.1 Å². The molecule has 4 aromatic rings. The van der Waals surface area contributed by atoms with Crippen molar-refractivity contribution in [3.8, 4) is 11.3 Å². The van der Waals surface area contributed by atoms with Crippen molar-refractivity contribution in [3.05, 3.63) is 72.1 Å². The number of fused-ring (bicyclic) bond motifs is 1. The summed E-state index contributed by atoms with van der Waals surface area (Å²) in [6.07, 6.45) is 11.5. The molecule has 1 saturated heterocycles. The first kappa shape index (κ1) is 27.7.